The predicted molar refractivity (Wildman–Crippen MR) is 180 cm³/mol. The van der Waals surface area contributed by atoms with Crippen LogP contribution < -0.4 is 15.4 Å². The second-order valence-electron chi connectivity index (χ2n) is 12.2. The van der Waals surface area contributed by atoms with Crippen molar-refractivity contribution in [2.75, 3.05) is 45.7 Å². The fraction of sp³-hybridized carbons (Fsp3) is 0.286. The molecule has 5 aromatic heterocycles. The molecule has 0 atom stereocenters. The number of likely N-dealkylation sites (N-methyl/N-ethyl adjacent to an activating group) is 1. The van der Waals surface area contributed by atoms with Gasteiger partial charge in [0.2, 0.25) is 5.91 Å². The van der Waals surface area contributed by atoms with E-state index in [0.717, 1.165) is 65.6 Å². The van der Waals surface area contributed by atoms with Crippen LogP contribution in [0, 0.1) is 11.7 Å². The van der Waals surface area contributed by atoms with E-state index < -0.39 is 0 Å². The second-order valence-corrected chi connectivity index (χ2v) is 12.2. The minimum absolute atomic E-state index is 0.00510. The number of aromatic amines is 2. The molecule has 0 radical (unpaired) electrons. The predicted octanol–water partition coefficient (Wildman–Crippen LogP) is 5.64. The van der Waals surface area contributed by atoms with Crippen LogP contribution in [-0.2, 0) is 4.79 Å². The molecule has 0 spiro atoms. The minimum atomic E-state index is -0.374. The van der Waals surface area contributed by atoms with Crippen LogP contribution in [0.5, 0.6) is 5.75 Å². The molecule has 47 heavy (non-hydrogen) atoms. The normalized spacial score (nSPS) is 13.9. The van der Waals surface area contributed by atoms with Crippen molar-refractivity contribution in [3.8, 4) is 39.5 Å². The number of hydrogen-bond acceptors (Lipinski definition) is 8. The Balaban J connectivity index is 1.16. The van der Waals surface area contributed by atoms with Gasteiger partial charge >= 0.3 is 0 Å². The van der Waals surface area contributed by atoms with Crippen molar-refractivity contribution in [1.82, 2.24) is 40.3 Å². The maximum atomic E-state index is 14.7. The van der Waals surface area contributed by atoms with E-state index in [2.05, 4.69) is 40.8 Å². The first-order valence-corrected chi connectivity index (χ1v) is 15.8. The summed E-state index contributed by atoms with van der Waals surface area (Å²) in [5.74, 6) is 0.488. The summed E-state index contributed by atoms with van der Waals surface area (Å²) < 4.78 is 20.5. The molecule has 1 aliphatic heterocycles. The third-order valence-electron chi connectivity index (χ3n) is 8.47. The van der Waals surface area contributed by atoms with E-state index in [1.54, 1.807) is 24.8 Å². The van der Waals surface area contributed by atoms with Crippen LogP contribution >= 0.6 is 0 Å². The fourth-order valence-electron chi connectivity index (χ4n) is 6.04. The highest BCUT2D eigenvalue weighted by molar-refractivity contribution is 6.00. The lowest BCUT2D eigenvalue weighted by Gasteiger charge is -2.21. The molecule has 1 saturated heterocycles. The number of hydrogen-bond donors (Lipinski definition) is 4. The zero-order valence-corrected chi connectivity index (χ0v) is 26.3. The van der Waals surface area contributed by atoms with E-state index in [1.165, 1.54) is 12.1 Å². The molecule has 0 saturated carbocycles. The zero-order valence-electron chi connectivity index (χ0n) is 26.3. The molecule has 0 unspecified atom stereocenters. The number of H-pyrrole nitrogens is 2. The highest BCUT2D eigenvalue weighted by atomic mass is 19.1. The lowest BCUT2D eigenvalue weighted by atomic mass is 9.94. The van der Waals surface area contributed by atoms with Crippen molar-refractivity contribution in [2.24, 2.45) is 5.92 Å². The molecule has 1 fully saturated rings. The number of aromatic nitrogens is 6. The zero-order chi connectivity index (χ0) is 32.3. The minimum Gasteiger partial charge on any atom is -0.492 e. The highest BCUT2D eigenvalue weighted by Gasteiger charge is 2.19. The third-order valence-corrected chi connectivity index (χ3v) is 8.47. The van der Waals surface area contributed by atoms with Gasteiger partial charge in [0.15, 0.2) is 0 Å². The van der Waals surface area contributed by atoms with Crippen molar-refractivity contribution in [2.45, 2.75) is 19.3 Å². The van der Waals surface area contributed by atoms with Crippen LogP contribution in [0.4, 0.5) is 10.1 Å². The van der Waals surface area contributed by atoms with Crippen molar-refractivity contribution in [1.29, 1.82) is 0 Å². The Morgan fingerprint density at radius 2 is 1.89 bits per heavy atom. The molecule has 240 valence electrons. The van der Waals surface area contributed by atoms with Crippen molar-refractivity contribution in [3.05, 3.63) is 73.1 Å². The lowest BCUT2D eigenvalue weighted by Crippen LogP contribution is -2.30. The number of carbonyl (C=O) groups excluding carboxylic acids is 1. The number of amides is 1. The summed E-state index contributed by atoms with van der Waals surface area (Å²) in [4.78, 5) is 31.7. The van der Waals surface area contributed by atoms with Gasteiger partial charge in [-0.2, -0.15) is 5.10 Å². The summed E-state index contributed by atoms with van der Waals surface area (Å²) in [6.45, 7) is 3.08. The van der Waals surface area contributed by atoms with E-state index in [4.69, 9.17) is 4.74 Å². The molecule has 1 amide bonds. The van der Waals surface area contributed by atoms with Gasteiger partial charge < -0.3 is 25.3 Å². The van der Waals surface area contributed by atoms with Gasteiger partial charge in [-0.3, -0.25) is 19.9 Å². The Hall–Kier alpha value is -5.20. The second kappa shape index (κ2) is 13.3. The molecule has 1 aromatic carbocycles. The summed E-state index contributed by atoms with van der Waals surface area (Å²) in [7, 11) is 3.93. The van der Waals surface area contributed by atoms with Crippen LogP contribution in [-0.4, -0.2) is 81.3 Å². The SMILES string of the molecule is CN(C)CCOc1cc(F)cc(-c2ccnc3[nH]c(-c4n[nH]c5cnc(-c6cncc(NC(=O)CC7CCNCC7)c6)cc45)cc23)c1. The van der Waals surface area contributed by atoms with Gasteiger partial charge in [0.25, 0.3) is 0 Å². The van der Waals surface area contributed by atoms with E-state index >= 15 is 0 Å². The molecular formula is C35H36FN9O2. The van der Waals surface area contributed by atoms with Gasteiger partial charge in [-0.15, -0.1) is 0 Å². The number of nitrogens with one attached hydrogen (secondary N) is 4. The van der Waals surface area contributed by atoms with Gasteiger partial charge in [-0.1, -0.05) is 0 Å². The third kappa shape index (κ3) is 6.83. The summed E-state index contributed by atoms with van der Waals surface area (Å²) in [5, 5.41) is 15.7. The van der Waals surface area contributed by atoms with Crippen molar-refractivity contribution in [3.63, 3.8) is 0 Å². The quantitative estimate of drug-likeness (QED) is 0.152. The molecule has 0 aliphatic carbocycles. The smallest absolute Gasteiger partial charge is 0.224 e. The van der Waals surface area contributed by atoms with Crippen LogP contribution in [0.3, 0.4) is 0 Å². The van der Waals surface area contributed by atoms with Crippen LogP contribution in [0.1, 0.15) is 19.3 Å². The Bertz CT molecular complexity index is 2050. The number of halogens is 1. The number of ether oxygens (including phenoxy) is 1. The van der Waals surface area contributed by atoms with Crippen molar-refractivity contribution < 1.29 is 13.9 Å². The molecule has 4 N–H and O–H groups in total. The number of rotatable bonds is 10. The first-order valence-electron chi connectivity index (χ1n) is 15.8. The molecule has 6 aromatic rings. The maximum absolute atomic E-state index is 14.7. The van der Waals surface area contributed by atoms with Gasteiger partial charge in [0, 0.05) is 47.8 Å². The van der Waals surface area contributed by atoms with E-state index in [1.807, 2.05) is 49.3 Å². The molecule has 7 rings (SSSR count). The largest absolute Gasteiger partial charge is 0.492 e. The fourth-order valence-corrected chi connectivity index (χ4v) is 6.04. The number of fused-ring (bicyclic) bond motifs is 2. The number of anilines is 1. The molecular weight excluding hydrogens is 597 g/mol. The average Bonchev–Trinajstić information content (AvgIpc) is 3.69. The number of pyridine rings is 3. The maximum Gasteiger partial charge on any atom is 0.224 e. The molecule has 0 bridgehead atoms. The Labute approximate surface area is 271 Å². The highest BCUT2D eigenvalue weighted by Crippen LogP contribution is 2.35. The van der Waals surface area contributed by atoms with Gasteiger partial charge in [0.05, 0.1) is 35.0 Å². The Morgan fingerprint density at radius 3 is 2.74 bits per heavy atom. The molecule has 6 heterocycles. The lowest BCUT2D eigenvalue weighted by molar-refractivity contribution is -0.117. The van der Waals surface area contributed by atoms with E-state index in [-0.39, 0.29) is 11.7 Å². The number of piperidine rings is 1. The summed E-state index contributed by atoms with van der Waals surface area (Å²) >= 11 is 0. The average molecular weight is 634 g/mol. The number of nitrogens with zero attached hydrogens (tertiary/aromatic N) is 5. The molecule has 12 heteroatoms. The van der Waals surface area contributed by atoms with E-state index in [9.17, 15) is 9.18 Å². The number of benzene rings is 1. The summed E-state index contributed by atoms with van der Waals surface area (Å²) in [6.07, 6.45) is 9.33. The standard InChI is InChI=1S/C35H36FN9O2/c1-45(2)9-10-47-26-14-22(12-24(36)15-26)27-5-8-39-35-28(27)16-31(42-35)34-29-17-30(40-20-32(29)43-44-34)23-13-25(19-38-18-23)41-33(46)11-21-3-6-37-7-4-21/h5,8,12-21,37H,3-4,6-7,9-11H2,1-2H3,(H,39,42)(H,41,46)(H,43,44). The van der Waals surface area contributed by atoms with Gasteiger partial charge in [-0.25, -0.2) is 9.37 Å². The first-order chi connectivity index (χ1) is 22.9. The van der Waals surface area contributed by atoms with E-state index in [0.29, 0.717) is 53.0 Å². The monoisotopic (exact) mass is 633 g/mol. The topological polar surface area (TPSA) is 137 Å². The molecule has 11 nitrogen and oxygen atoms in total. The number of carbonyl (C=O) groups is 1. The Morgan fingerprint density at radius 1 is 1.02 bits per heavy atom. The summed E-state index contributed by atoms with van der Waals surface area (Å²) in [6, 6.07) is 12.4. The first kappa shape index (κ1) is 30.5. The Kier molecular flexibility index (Phi) is 8.60. The van der Waals surface area contributed by atoms with Gasteiger partial charge in [0.1, 0.15) is 29.5 Å². The van der Waals surface area contributed by atoms with Crippen molar-refractivity contribution >= 4 is 33.5 Å². The van der Waals surface area contributed by atoms with Crippen LogP contribution in [0.25, 0.3) is 55.7 Å². The summed E-state index contributed by atoms with van der Waals surface area (Å²) in [5.41, 5.74) is 6.47. The molecule has 1 aliphatic rings. The van der Waals surface area contributed by atoms with Crippen LogP contribution in [0.15, 0.2) is 67.3 Å². The van der Waals surface area contributed by atoms with Gasteiger partial charge in [-0.05, 0) is 93.5 Å². The van der Waals surface area contributed by atoms with Crippen LogP contribution in [0.2, 0.25) is 0 Å².